The molecule has 1 fully saturated rings. The van der Waals surface area contributed by atoms with Gasteiger partial charge in [-0.3, -0.25) is 4.79 Å². The third-order valence-electron chi connectivity index (χ3n) is 2.39. The lowest BCUT2D eigenvalue weighted by molar-refractivity contribution is -0.170. The van der Waals surface area contributed by atoms with Crippen molar-refractivity contribution in [2.24, 2.45) is 11.1 Å². The Labute approximate surface area is 86.0 Å². The summed E-state index contributed by atoms with van der Waals surface area (Å²) in [6.45, 7) is 9.80. The lowest BCUT2D eigenvalue weighted by Crippen LogP contribution is -2.62. The highest BCUT2D eigenvalue weighted by Gasteiger charge is 2.53. The summed E-state index contributed by atoms with van der Waals surface area (Å²) in [6.07, 6.45) is 1.43. The van der Waals surface area contributed by atoms with Crippen LogP contribution in [0.4, 0.5) is 0 Å². The van der Waals surface area contributed by atoms with Crippen LogP contribution in [0, 0.1) is 5.41 Å². The van der Waals surface area contributed by atoms with Crippen LogP contribution in [0.1, 0.15) is 47.5 Å². The molecule has 0 radical (unpaired) electrons. The first-order valence-electron chi connectivity index (χ1n) is 5.07. The van der Waals surface area contributed by atoms with E-state index in [4.69, 9.17) is 10.5 Å². The van der Waals surface area contributed by atoms with Crippen molar-refractivity contribution in [1.82, 2.24) is 0 Å². The van der Waals surface area contributed by atoms with E-state index < -0.39 is 11.1 Å². The fourth-order valence-corrected chi connectivity index (χ4v) is 2.18. The van der Waals surface area contributed by atoms with E-state index in [9.17, 15) is 4.79 Å². The van der Waals surface area contributed by atoms with Crippen LogP contribution in [0.15, 0.2) is 0 Å². The summed E-state index contributed by atoms with van der Waals surface area (Å²) >= 11 is 0. The van der Waals surface area contributed by atoms with Crippen molar-refractivity contribution in [1.29, 1.82) is 0 Å². The number of rotatable bonds is 1. The molecule has 0 amide bonds. The summed E-state index contributed by atoms with van der Waals surface area (Å²) in [5, 5.41) is 0. The highest BCUT2D eigenvalue weighted by molar-refractivity contribution is 5.82. The first-order chi connectivity index (χ1) is 6.04. The molecule has 82 valence electrons. The van der Waals surface area contributed by atoms with Gasteiger partial charge < -0.3 is 10.5 Å². The van der Waals surface area contributed by atoms with E-state index in [0.29, 0.717) is 0 Å². The van der Waals surface area contributed by atoms with Gasteiger partial charge in [0, 0.05) is 0 Å². The van der Waals surface area contributed by atoms with Gasteiger partial charge in [0.1, 0.15) is 11.1 Å². The van der Waals surface area contributed by atoms with E-state index >= 15 is 0 Å². The zero-order valence-electron chi connectivity index (χ0n) is 9.81. The van der Waals surface area contributed by atoms with Crippen LogP contribution in [0.2, 0.25) is 0 Å². The van der Waals surface area contributed by atoms with Crippen LogP contribution >= 0.6 is 0 Å². The summed E-state index contributed by atoms with van der Waals surface area (Å²) < 4.78 is 5.27. The van der Waals surface area contributed by atoms with Gasteiger partial charge in [0.2, 0.25) is 0 Å². The molecule has 0 aromatic carbocycles. The molecule has 0 unspecified atom stereocenters. The maximum atomic E-state index is 11.7. The van der Waals surface area contributed by atoms with Gasteiger partial charge in [0.05, 0.1) is 0 Å². The zero-order valence-corrected chi connectivity index (χ0v) is 9.81. The fraction of sp³-hybridized carbons (Fsp3) is 0.909. The molecule has 3 heteroatoms. The Hall–Kier alpha value is -0.570. The van der Waals surface area contributed by atoms with Gasteiger partial charge >= 0.3 is 5.97 Å². The Morgan fingerprint density at radius 3 is 2.00 bits per heavy atom. The number of carbonyl (C=O) groups is 1. The quantitative estimate of drug-likeness (QED) is 0.656. The molecule has 3 nitrogen and oxygen atoms in total. The fourth-order valence-electron chi connectivity index (χ4n) is 2.18. The van der Waals surface area contributed by atoms with Crippen molar-refractivity contribution in [2.75, 3.05) is 0 Å². The van der Waals surface area contributed by atoms with Gasteiger partial charge in [-0.05, 0) is 39.0 Å². The van der Waals surface area contributed by atoms with Gasteiger partial charge in [-0.2, -0.15) is 0 Å². The van der Waals surface area contributed by atoms with E-state index in [-0.39, 0.29) is 11.4 Å². The van der Waals surface area contributed by atoms with Crippen molar-refractivity contribution >= 4 is 5.97 Å². The molecule has 1 aliphatic rings. The number of ether oxygens (including phenoxy) is 1. The van der Waals surface area contributed by atoms with Crippen molar-refractivity contribution in [3.8, 4) is 0 Å². The first-order valence-corrected chi connectivity index (χ1v) is 5.07. The number of carbonyl (C=O) groups excluding carboxylic acids is 1. The molecule has 1 rings (SSSR count). The second kappa shape index (κ2) is 2.96. The largest absolute Gasteiger partial charge is 0.459 e. The third kappa shape index (κ3) is 2.47. The van der Waals surface area contributed by atoms with Crippen molar-refractivity contribution in [3.63, 3.8) is 0 Å². The summed E-state index contributed by atoms with van der Waals surface area (Å²) in [4.78, 5) is 11.7. The Morgan fingerprint density at radius 1 is 1.29 bits per heavy atom. The van der Waals surface area contributed by atoms with Gasteiger partial charge in [-0.1, -0.05) is 13.8 Å². The second-order valence-corrected chi connectivity index (χ2v) is 6.18. The second-order valence-electron chi connectivity index (χ2n) is 6.18. The van der Waals surface area contributed by atoms with Crippen LogP contribution in [-0.2, 0) is 9.53 Å². The van der Waals surface area contributed by atoms with E-state index in [2.05, 4.69) is 13.8 Å². The number of hydrogen-bond acceptors (Lipinski definition) is 3. The standard InChI is InChI=1S/C11H21NO2/c1-9(2,3)14-8(13)11(12)6-10(4,5)7-11/h6-7,12H2,1-5H3. The first kappa shape index (κ1) is 11.5. The van der Waals surface area contributed by atoms with Crippen LogP contribution < -0.4 is 5.73 Å². The van der Waals surface area contributed by atoms with E-state index in [0.717, 1.165) is 12.8 Å². The SMILES string of the molecule is CC1(C)CC(N)(C(=O)OC(C)(C)C)C1. The molecule has 0 spiro atoms. The Balaban J connectivity index is 2.56. The highest BCUT2D eigenvalue weighted by Crippen LogP contribution is 2.47. The maximum Gasteiger partial charge on any atom is 0.326 e. The average molecular weight is 199 g/mol. The summed E-state index contributed by atoms with van der Waals surface area (Å²) in [7, 11) is 0. The van der Waals surface area contributed by atoms with Gasteiger partial charge in [0.15, 0.2) is 0 Å². The molecule has 0 bridgehead atoms. The molecule has 0 atom stereocenters. The molecule has 2 N–H and O–H groups in total. The van der Waals surface area contributed by atoms with E-state index in [1.165, 1.54) is 0 Å². The van der Waals surface area contributed by atoms with Crippen molar-refractivity contribution < 1.29 is 9.53 Å². The van der Waals surface area contributed by atoms with Gasteiger partial charge in [-0.25, -0.2) is 0 Å². The number of nitrogens with two attached hydrogens (primary N) is 1. The number of hydrogen-bond donors (Lipinski definition) is 1. The third-order valence-corrected chi connectivity index (χ3v) is 2.39. The molecule has 0 aliphatic heterocycles. The van der Waals surface area contributed by atoms with Crippen LogP contribution in [0.3, 0.4) is 0 Å². The van der Waals surface area contributed by atoms with Crippen molar-refractivity contribution in [2.45, 2.75) is 58.6 Å². The maximum absolute atomic E-state index is 11.7. The van der Waals surface area contributed by atoms with E-state index in [1.54, 1.807) is 0 Å². The topological polar surface area (TPSA) is 52.3 Å². The summed E-state index contributed by atoms with van der Waals surface area (Å²) in [6, 6.07) is 0. The Kier molecular flexibility index (Phi) is 2.43. The Morgan fingerprint density at radius 2 is 1.71 bits per heavy atom. The summed E-state index contributed by atoms with van der Waals surface area (Å²) in [5.41, 5.74) is 4.96. The lowest BCUT2D eigenvalue weighted by atomic mass is 9.60. The van der Waals surface area contributed by atoms with E-state index in [1.807, 2.05) is 20.8 Å². The zero-order chi connectivity index (χ0) is 11.2. The molecule has 0 heterocycles. The van der Waals surface area contributed by atoms with Gasteiger partial charge in [0.25, 0.3) is 0 Å². The lowest BCUT2D eigenvalue weighted by Gasteiger charge is -2.49. The molecule has 1 aliphatic carbocycles. The van der Waals surface area contributed by atoms with Crippen molar-refractivity contribution in [3.05, 3.63) is 0 Å². The summed E-state index contributed by atoms with van der Waals surface area (Å²) in [5.74, 6) is -0.260. The van der Waals surface area contributed by atoms with Crippen LogP contribution in [0.25, 0.3) is 0 Å². The molecule has 0 aromatic rings. The molecule has 0 saturated heterocycles. The van der Waals surface area contributed by atoms with Crippen LogP contribution in [-0.4, -0.2) is 17.1 Å². The molecule has 0 aromatic heterocycles. The Bertz CT molecular complexity index is 243. The minimum atomic E-state index is -0.739. The predicted molar refractivity (Wildman–Crippen MR) is 55.8 cm³/mol. The minimum absolute atomic E-state index is 0.186. The monoisotopic (exact) mass is 199 g/mol. The number of esters is 1. The molecule has 14 heavy (non-hydrogen) atoms. The minimum Gasteiger partial charge on any atom is -0.459 e. The van der Waals surface area contributed by atoms with Crippen LogP contribution in [0.5, 0.6) is 0 Å². The highest BCUT2D eigenvalue weighted by atomic mass is 16.6. The predicted octanol–water partition coefficient (Wildman–Crippen LogP) is 1.85. The smallest absolute Gasteiger partial charge is 0.326 e. The average Bonchev–Trinajstić information content (AvgIpc) is 1.77. The molecular formula is C11H21NO2. The molecular weight excluding hydrogens is 178 g/mol. The molecule has 1 saturated carbocycles. The van der Waals surface area contributed by atoms with Gasteiger partial charge in [-0.15, -0.1) is 0 Å². The normalized spacial score (nSPS) is 23.9.